The molecule has 0 radical (unpaired) electrons. The average molecular weight is 361 g/mol. The van der Waals surface area contributed by atoms with Crippen LogP contribution in [0, 0.1) is 26.2 Å². The minimum Gasteiger partial charge on any atom is -0.140 e. The molecule has 3 aromatic rings. The SMILES string of the molecule is C=C(c1ccc(C)c(C)c1)C(C)(C)Cc1sc(-c2ccccc2)cc1C. The van der Waals surface area contributed by atoms with Gasteiger partial charge in [0.05, 0.1) is 0 Å². The molecular weight excluding hydrogens is 332 g/mol. The van der Waals surface area contributed by atoms with Crippen molar-refractivity contribution in [2.75, 3.05) is 0 Å². The van der Waals surface area contributed by atoms with E-state index < -0.39 is 0 Å². The highest BCUT2D eigenvalue weighted by Gasteiger charge is 2.25. The lowest BCUT2D eigenvalue weighted by atomic mass is 9.77. The normalized spacial score (nSPS) is 11.6. The predicted molar refractivity (Wildman–Crippen MR) is 117 cm³/mol. The summed E-state index contributed by atoms with van der Waals surface area (Å²) in [6.45, 7) is 15.7. The highest BCUT2D eigenvalue weighted by Crippen LogP contribution is 2.41. The fourth-order valence-electron chi connectivity index (χ4n) is 3.27. The molecule has 0 saturated carbocycles. The molecule has 1 heteroatoms. The molecule has 0 nitrogen and oxygen atoms in total. The van der Waals surface area contributed by atoms with Crippen molar-refractivity contribution in [3.05, 3.63) is 88.3 Å². The molecule has 0 bridgehead atoms. The van der Waals surface area contributed by atoms with Crippen LogP contribution in [0.5, 0.6) is 0 Å². The largest absolute Gasteiger partial charge is 0.140 e. The highest BCUT2D eigenvalue weighted by molar-refractivity contribution is 7.15. The van der Waals surface area contributed by atoms with Crippen LogP contribution < -0.4 is 0 Å². The smallest absolute Gasteiger partial charge is 0.0348 e. The van der Waals surface area contributed by atoms with Crippen LogP contribution in [0.3, 0.4) is 0 Å². The summed E-state index contributed by atoms with van der Waals surface area (Å²) in [5.41, 5.74) is 7.85. The fourth-order valence-corrected chi connectivity index (χ4v) is 4.68. The van der Waals surface area contributed by atoms with Crippen LogP contribution in [-0.4, -0.2) is 0 Å². The van der Waals surface area contributed by atoms with Crippen LogP contribution >= 0.6 is 11.3 Å². The number of rotatable bonds is 5. The van der Waals surface area contributed by atoms with E-state index in [9.17, 15) is 0 Å². The summed E-state index contributed by atoms with van der Waals surface area (Å²) in [4.78, 5) is 2.81. The van der Waals surface area contributed by atoms with Crippen molar-refractivity contribution in [3.63, 3.8) is 0 Å². The van der Waals surface area contributed by atoms with Crippen molar-refractivity contribution in [2.24, 2.45) is 5.41 Å². The maximum absolute atomic E-state index is 4.46. The van der Waals surface area contributed by atoms with Crippen molar-refractivity contribution in [1.29, 1.82) is 0 Å². The minimum absolute atomic E-state index is 0.0191. The van der Waals surface area contributed by atoms with E-state index in [0.29, 0.717) is 0 Å². The third-order valence-corrected chi connectivity index (χ3v) is 6.64. The molecule has 0 amide bonds. The number of hydrogen-bond acceptors (Lipinski definition) is 1. The molecule has 0 N–H and O–H groups in total. The zero-order chi connectivity index (χ0) is 18.9. The Hall–Kier alpha value is -2.12. The predicted octanol–water partition coefficient (Wildman–Crippen LogP) is 7.62. The number of benzene rings is 2. The first-order valence-electron chi connectivity index (χ1n) is 9.19. The second kappa shape index (κ2) is 7.25. The molecular formula is C25H28S. The molecule has 26 heavy (non-hydrogen) atoms. The van der Waals surface area contributed by atoms with Gasteiger partial charge in [-0.3, -0.25) is 0 Å². The number of hydrogen-bond donors (Lipinski definition) is 0. The van der Waals surface area contributed by atoms with E-state index >= 15 is 0 Å². The Morgan fingerprint density at radius 1 is 0.885 bits per heavy atom. The molecule has 0 aliphatic heterocycles. The summed E-state index contributed by atoms with van der Waals surface area (Å²) in [7, 11) is 0. The number of aryl methyl sites for hydroxylation is 3. The first kappa shape index (κ1) is 18.7. The van der Waals surface area contributed by atoms with Gasteiger partial charge in [0.15, 0.2) is 0 Å². The summed E-state index contributed by atoms with van der Waals surface area (Å²) in [6.07, 6.45) is 1.02. The zero-order valence-corrected chi connectivity index (χ0v) is 17.3. The van der Waals surface area contributed by atoms with E-state index in [0.717, 1.165) is 6.42 Å². The van der Waals surface area contributed by atoms with Crippen LogP contribution in [0.15, 0.2) is 61.2 Å². The van der Waals surface area contributed by atoms with Gasteiger partial charge in [0.1, 0.15) is 0 Å². The maximum Gasteiger partial charge on any atom is 0.0348 e. The van der Waals surface area contributed by atoms with Gasteiger partial charge in [0, 0.05) is 9.75 Å². The monoisotopic (exact) mass is 360 g/mol. The summed E-state index contributed by atoms with van der Waals surface area (Å²) in [5.74, 6) is 0. The van der Waals surface area contributed by atoms with E-state index in [-0.39, 0.29) is 5.41 Å². The van der Waals surface area contributed by atoms with Crippen molar-refractivity contribution >= 4 is 16.9 Å². The number of allylic oxidation sites excluding steroid dienone is 1. The lowest BCUT2D eigenvalue weighted by Crippen LogP contribution is -2.16. The lowest BCUT2D eigenvalue weighted by Gasteiger charge is -2.28. The quantitative estimate of drug-likeness (QED) is 0.439. The van der Waals surface area contributed by atoms with E-state index in [2.05, 4.69) is 95.8 Å². The summed E-state index contributed by atoms with van der Waals surface area (Å²) in [6, 6.07) is 19.7. The van der Waals surface area contributed by atoms with Gasteiger partial charge in [-0.15, -0.1) is 11.3 Å². The standard InChI is InChI=1S/C25H28S/c1-17-12-13-22(14-18(17)2)20(4)25(5,6)16-24-19(3)15-23(26-24)21-10-8-7-9-11-21/h7-15H,4,16H2,1-3,5-6H3. The Morgan fingerprint density at radius 3 is 2.23 bits per heavy atom. The van der Waals surface area contributed by atoms with Crippen molar-refractivity contribution in [3.8, 4) is 10.4 Å². The topological polar surface area (TPSA) is 0 Å². The molecule has 0 aliphatic rings. The lowest BCUT2D eigenvalue weighted by molar-refractivity contribution is 0.502. The Morgan fingerprint density at radius 2 is 1.58 bits per heavy atom. The molecule has 0 spiro atoms. The maximum atomic E-state index is 4.46. The van der Waals surface area contributed by atoms with Crippen LogP contribution in [0.2, 0.25) is 0 Å². The molecule has 1 aromatic heterocycles. The van der Waals surface area contributed by atoms with Gasteiger partial charge in [-0.2, -0.15) is 0 Å². The second-order valence-electron chi connectivity index (χ2n) is 7.92. The van der Waals surface area contributed by atoms with Crippen LogP contribution in [0.25, 0.3) is 16.0 Å². The number of thiophene rings is 1. The molecule has 0 fully saturated rings. The molecule has 1 heterocycles. The minimum atomic E-state index is 0.0191. The Bertz CT molecular complexity index is 926. The van der Waals surface area contributed by atoms with Crippen molar-refractivity contribution in [1.82, 2.24) is 0 Å². The van der Waals surface area contributed by atoms with Crippen molar-refractivity contribution < 1.29 is 0 Å². The van der Waals surface area contributed by atoms with Gasteiger partial charge in [-0.05, 0) is 72.1 Å². The molecule has 0 unspecified atom stereocenters. The van der Waals surface area contributed by atoms with Crippen LogP contribution in [-0.2, 0) is 6.42 Å². The average Bonchev–Trinajstić information content (AvgIpc) is 2.97. The Labute approximate surface area is 162 Å². The van der Waals surface area contributed by atoms with Gasteiger partial charge < -0.3 is 0 Å². The first-order chi connectivity index (χ1) is 12.3. The molecule has 2 aromatic carbocycles. The van der Waals surface area contributed by atoms with Crippen LogP contribution in [0.1, 0.15) is 41.0 Å². The Kier molecular flexibility index (Phi) is 5.20. The fraction of sp³-hybridized carbons (Fsp3) is 0.280. The Balaban J connectivity index is 1.86. The first-order valence-corrected chi connectivity index (χ1v) is 10.0. The van der Waals surface area contributed by atoms with Gasteiger partial charge in [-0.1, -0.05) is 69.0 Å². The third-order valence-electron chi connectivity index (χ3n) is 5.35. The van der Waals surface area contributed by atoms with Gasteiger partial charge >= 0.3 is 0 Å². The van der Waals surface area contributed by atoms with E-state index in [1.54, 1.807) is 0 Å². The van der Waals surface area contributed by atoms with Gasteiger partial charge in [0.2, 0.25) is 0 Å². The summed E-state index contributed by atoms with van der Waals surface area (Å²) < 4.78 is 0. The summed E-state index contributed by atoms with van der Waals surface area (Å²) in [5, 5.41) is 0. The van der Waals surface area contributed by atoms with Crippen LogP contribution in [0.4, 0.5) is 0 Å². The van der Waals surface area contributed by atoms with Gasteiger partial charge in [0.25, 0.3) is 0 Å². The summed E-state index contributed by atoms with van der Waals surface area (Å²) >= 11 is 1.92. The molecule has 0 aliphatic carbocycles. The molecule has 3 rings (SSSR count). The molecule has 0 atom stereocenters. The zero-order valence-electron chi connectivity index (χ0n) is 16.5. The molecule has 0 saturated heterocycles. The molecule has 134 valence electrons. The second-order valence-corrected chi connectivity index (χ2v) is 9.06. The van der Waals surface area contributed by atoms with E-state index in [4.69, 9.17) is 0 Å². The van der Waals surface area contributed by atoms with Crippen molar-refractivity contribution in [2.45, 2.75) is 41.0 Å². The van der Waals surface area contributed by atoms with Gasteiger partial charge in [-0.25, -0.2) is 0 Å². The third kappa shape index (κ3) is 3.83. The van der Waals surface area contributed by atoms with E-state index in [1.165, 1.54) is 43.1 Å². The highest BCUT2D eigenvalue weighted by atomic mass is 32.1. The van der Waals surface area contributed by atoms with E-state index in [1.807, 2.05) is 11.3 Å².